The standard InChI is InChI=1S/C11H10BrF2NO2/c12-6-4-7(13)10(8(14)5-6)15-11(16)9-2-1-3-17-9/h4-5,9H,1-3H2,(H,15,16). The van der Waals surface area contributed by atoms with E-state index in [9.17, 15) is 13.6 Å². The highest BCUT2D eigenvalue weighted by atomic mass is 79.9. The third-order valence-electron chi connectivity index (χ3n) is 2.48. The summed E-state index contributed by atoms with van der Waals surface area (Å²) < 4.78 is 32.3. The molecule has 92 valence electrons. The first-order valence-corrected chi connectivity index (χ1v) is 5.94. The van der Waals surface area contributed by atoms with E-state index in [-0.39, 0.29) is 4.47 Å². The second-order valence-electron chi connectivity index (χ2n) is 3.74. The van der Waals surface area contributed by atoms with Crippen molar-refractivity contribution in [2.24, 2.45) is 0 Å². The van der Waals surface area contributed by atoms with Crippen LogP contribution in [-0.2, 0) is 9.53 Å². The molecule has 0 aromatic heterocycles. The van der Waals surface area contributed by atoms with E-state index >= 15 is 0 Å². The van der Waals surface area contributed by atoms with Crippen molar-refractivity contribution in [3.63, 3.8) is 0 Å². The molecule has 1 fully saturated rings. The van der Waals surface area contributed by atoms with Gasteiger partial charge in [-0.1, -0.05) is 15.9 Å². The molecule has 1 atom stereocenters. The number of nitrogens with one attached hydrogen (secondary N) is 1. The van der Waals surface area contributed by atoms with Gasteiger partial charge in [-0.2, -0.15) is 0 Å². The van der Waals surface area contributed by atoms with Gasteiger partial charge in [0, 0.05) is 11.1 Å². The van der Waals surface area contributed by atoms with E-state index < -0.39 is 29.3 Å². The predicted octanol–water partition coefficient (Wildman–Crippen LogP) is 2.84. The van der Waals surface area contributed by atoms with Crippen molar-refractivity contribution in [1.82, 2.24) is 0 Å². The Hall–Kier alpha value is -1.01. The molecule has 1 heterocycles. The lowest BCUT2D eigenvalue weighted by Crippen LogP contribution is -2.27. The summed E-state index contributed by atoms with van der Waals surface area (Å²) in [6, 6.07) is 2.18. The van der Waals surface area contributed by atoms with Crippen molar-refractivity contribution < 1.29 is 18.3 Å². The monoisotopic (exact) mass is 305 g/mol. The van der Waals surface area contributed by atoms with Crippen LogP contribution in [0.5, 0.6) is 0 Å². The molecule has 1 aromatic rings. The van der Waals surface area contributed by atoms with Crippen LogP contribution in [0.1, 0.15) is 12.8 Å². The molecule has 0 aliphatic carbocycles. The summed E-state index contributed by atoms with van der Waals surface area (Å²) in [5.41, 5.74) is -0.436. The van der Waals surface area contributed by atoms with Crippen LogP contribution in [0.15, 0.2) is 16.6 Å². The van der Waals surface area contributed by atoms with E-state index in [1.807, 2.05) is 0 Å². The number of carbonyl (C=O) groups excluding carboxylic acids is 1. The van der Waals surface area contributed by atoms with Gasteiger partial charge >= 0.3 is 0 Å². The number of halogens is 3. The first kappa shape index (κ1) is 12.4. The number of benzene rings is 1. The highest BCUT2D eigenvalue weighted by molar-refractivity contribution is 9.10. The summed E-state index contributed by atoms with van der Waals surface area (Å²) in [7, 11) is 0. The topological polar surface area (TPSA) is 38.3 Å². The fourth-order valence-electron chi connectivity index (χ4n) is 1.65. The lowest BCUT2D eigenvalue weighted by atomic mass is 10.2. The van der Waals surface area contributed by atoms with Gasteiger partial charge in [0.25, 0.3) is 5.91 Å². The quantitative estimate of drug-likeness (QED) is 0.912. The molecule has 6 heteroatoms. The third kappa shape index (κ3) is 2.81. The number of carbonyl (C=O) groups is 1. The van der Waals surface area contributed by atoms with E-state index in [0.717, 1.165) is 18.6 Å². The second-order valence-corrected chi connectivity index (χ2v) is 4.65. The zero-order valence-corrected chi connectivity index (χ0v) is 10.4. The number of amides is 1. The zero-order valence-electron chi connectivity index (χ0n) is 8.80. The highest BCUT2D eigenvalue weighted by Gasteiger charge is 2.25. The Kier molecular flexibility index (Phi) is 3.73. The number of hydrogen-bond donors (Lipinski definition) is 1. The normalized spacial score (nSPS) is 19.4. The molecule has 0 spiro atoms. The van der Waals surface area contributed by atoms with Crippen LogP contribution in [0.25, 0.3) is 0 Å². The second kappa shape index (κ2) is 5.10. The Balaban J connectivity index is 2.15. The summed E-state index contributed by atoms with van der Waals surface area (Å²) in [5, 5.41) is 2.21. The first-order chi connectivity index (χ1) is 8.08. The van der Waals surface area contributed by atoms with Crippen molar-refractivity contribution >= 4 is 27.5 Å². The van der Waals surface area contributed by atoms with Gasteiger partial charge in [-0.05, 0) is 25.0 Å². The van der Waals surface area contributed by atoms with Crippen LogP contribution in [0.4, 0.5) is 14.5 Å². The molecule has 1 N–H and O–H groups in total. The van der Waals surface area contributed by atoms with Crippen LogP contribution in [0.2, 0.25) is 0 Å². The van der Waals surface area contributed by atoms with Crippen LogP contribution in [-0.4, -0.2) is 18.6 Å². The number of ether oxygens (including phenoxy) is 1. The molecule has 0 bridgehead atoms. The molecule has 3 nitrogen and oxygen atoms in total. The number of hydrogen-bond acceptors (Lipinski definition) is 2. The lowest BCUT2D eigenvalue weighted by molar-refractivity contribution is -0.124. The van der Waals surface area contributed by atoms with Crippen molar-refractivity contribution in [3.05, 3.63) is 28.2 Å². The van der Waals surface area contributed by atoms with Crippen LogP contribution in [0, 0.1) is 11.6 Å². The Labute approximate surface area is 105 Å². The molecule has 1 amide bonds. The minimum Gasteiger partial charge on any atom is -0.368 e. The summed E-state index contributed by atoms with van der Waals surface area (Å²) in [6.45, 7) is 0.503. The van der Waals surface area contributed by atoms with Gasteiger partial charge in [0.1, 0.15) is 11.8 Å². The molecule has 1 aliphatic heterocycles. The summed E-state index contributed by atoms with van der Waals surface area (Å²) in [4.78, 5) is 11.6. The Morgan fingerprint density at radius 2 is 2.06 bits per heavy atom. The minimum atomic E-state index is -0.816. The van der Waals surface area contributed by atoms with Gasteiger partial charge < -0.3 is 10.1 Å². The molecule has 0 radical (unpaired) electrons. The SMILES string of the molecule is O=C(Nc1c(F)cc(Br)cc1F)C1CCCO1. The van der Waals surface area contributed by atoms with E-state index in [4.69, 9.17) is 4.74 Å². The maximum Gasteiger partial charge on any atom is 0.253 e. The Morgan fingerprint density at radius 1 is 1.41 bits per heavy atom. The smallest absolute Gasteiger partial charge is 0.253 e. The summed E-state index contributed by atoms with van der Waals surface area (Å²) in [5.74, 6) is -2.14. The predicted molar refractivity (Wildman–Crippen MR) is 61.7 cm³/mol. The zero-order chi connectivity index (χ0) is 12.4. The Bertz CT molecular complexity index is 424. The average Bonchev–Trinajstić information content (AvgIpc) is 2.76. The largest absolute Gasteiger partial charge is 0.368 e. The van der Waals surface area contributed by atoms with E-state index in [1.54, 1.807) is 0 Å². The van der Waals surface area contributed by atoms with Gasteiger partial charge in [-0.15, -0.1) is 0 Å². The Morgan fingerprint density at radius 3 is 2.59 bits per heavy atom. The molecule has 2 rings (SSSR count). The van der Waals surface area contributed by atoms with Crippen molar-refractivity contribution in [3.8, 4) is 0 Å². The van der Waals surface area contributed by atoms with Crippen molar-refractivity contribution in [1.29, 1.82) is 0 Å². The summed E-state index contributed by atoms with van der Waals surface area (Å²) in [6.07, 6.45) is 0.743. The fraction of sp³-hybridized carbons (Fsp3) is 0.364. The summed E-state index contributed by atoms with van der Waals surface area (Å²) >= 11 is 2.96. The maximum absolute atomic E-state index is 13.4. The average molecular weight is 306 g/mol. The van der Waals surface area contributed by atoms with E-state index in [2.05, 4.69) is 21.2 Å². The van der Waals surface area contributed by atoms with Gasteiger partial charge in [0.05, 0.1) is 0 Å². The fourth-order valence-corrected chi connectivity index (χ4v) is 2.05. The van der Waals surface area contributed by atoms with Crippen LogP contribution >= 0.6 is 15.9 Å². The third-order valence-corrected chi connectivity index (χ3v) is 2.94. The molecule has 0 saturated carbocycles. The molecule has 1 aliphatic rings. The molecular weight excluding hydrogens is 296 g/mol. The van der Waals surface area contributed by atoms with Crippen LogP contribution in [0.3, 0.4) is 0 Å². The van der Waals surface area contributed by atoms with Gasteiger partial charge in [0.15, 0.2) is 11.6 Å². The molecule has 1 saturated heterocycles. The van der Waals surface area contributed by atoms with Crippen LogP contribution < -0.4 is 5.32 Å². The first-order valence-electron chi connectivity index (χ1n) is 5.15. The van der Waals surface area contributed by atoms with Gasteiger partial charge in [-0.25, -0.2) is 8.78 Å². The maximum atomic E-state index is 13.4. The minimum absolute atomic E-state index is 0.280. The van der Waals surface area contributed by atoms with Crippen molar-refractivity contribution in [2.75, 3.05) is 11.9 Å². The number of anilines is 1. The van der Waals surface area contributed by atoms with E-state index in [1.165, 1.54) is 0 Å². The van der Waals surface area contributed by atoms with E-state index in [0.29, 0.717) is 13.0 Å². The lowest BCUT2D eigenvalue weighted by Gasteiger charge is -2.11. The van der Waals surface area contributed by atoms with Gasteiger partial charge in [0.2, 0.25) is 0 Å². The van der Waals surface area contributed by atoms with Crippen molar-refractivity contribution in [2.45, 2.75) is 18.9 Å². The van der Waals surface area contributed by atoms with Gasteiger partial charge in [-0.3, -0.25) is 4.79 Å². The molecule has 1 unspecified atom stereocenters. The molecule has 17 heavy (non-hydrogen) atoms. The molecule has 1 aromatic carbocycles. The number of rotatable bonds is 2. The molecular formula is C11H10BrF2NO2. The highest BCUT2D eigenvalue weighted by Crippen LogP contribution is 2.24.